The molecule has 1 fully saturated rings. The lowest BCUT2D eigenvalue weighted by atomic mass is 10.1. The Morgan fingerprint density at radius 1 is 1.50 bits per heavy atom. The third-order valence-electron chi connectivity index (χ3n) is 3.88. The second-order valence-corrected chi connectivity index (χ2v) is 6.27. The molecule has 1 aliphatic heterocycles. The monoisotopic (exact) mass is 306 g/mol. The van der Waals surface area contributed by atoms with Crippen LogP contribution in [-0.4, -0.2) is 42.3 Å². The summed E-state index contributed by atoms with van der Waals surface area (Å²) in [5.74, 6) is 1.59. The lowest BCUT2D eigenvalue weighted by molar-refractivity contribution is 0.209. The number of amides is 2. The van der Waals surface area contributed by atoms with Crippen LogP contribution in [0.25, 0.3) is 0 Å². The molecule has 0 radical (unpaired) electrons. The topological polar surface area (TPSA) is 61.8 Å². The van der Waals surface area contributed by atoms with Crippen LogP contribution in [0.1, 0.15) is 26.7 Å². The SMILES string of the molecule is CC(C)CCOc1cccc(NC(=O)N2CCC(CO)C2)c1. The first-order valence-corrected chi connectivity index (χ1v) is 7.98. The molecule has 1 heterocycles. The van der Waals surface area contributed by atoms with Crippen molar-refractivity contribution in [3.05, 3.63) is 24.3 Å². The van der Waals surface area contributed by atoms with Gasteiger partial charge in [0.2, 0.25) is 0 Å². The van der Waals surface area contributed by atoms with E-state index in [2.05, 4.69) is 19.2 Å². The Morgan fingerprint density at radius 3 is 3.00 bits per heavy atom. The van der Waals surface area contributed by atoms with Crippen molar-refractivity contribution in [1.29, 1.82) is 0 Å². The summed E-state index contributed by atoms with van der Waals surface area (Å²) in [6.07, 6.45) is 1.87. The third kappa shape index (κ3) is 4.91. The molecule has 5 nitrogen and oxygen atoms in total. The Kier molecular flexibility index (Phi) is 6.07. The van der Waals surface area contributed by atoms with Crippen LogP contribution in [0.4, 0.5) is 10.5 Å². The van der Waals surface area contributed by atoms with Crippen molar-refractivity contribution in [3.8, 4) is 5.75 Å². The first kappa shape index (κ1) is 16.6. The van der Waals surface area contributed by atoms with E-state index in [1.165, 1.54) is 0 Å². The van der Waals surface area contributed by atoms with Gasteiger partial charge in [0.1, 0.15) is 5.75 Å². The summed E-state index contributed by atoms with van der Waals surface area (Å²) in [6.45, 7) is 6.46. The van der Waals surface area contributed by atoms with E-state index in [4.69, 9.17) is 9.84 Å². The molecule has 1 aromatic carbocycles. The Morgan fingerprint density at radius 2 is 2.32 bits per heavy atom. The number of hydrogen-bond donors (Lipinski definition) is 2. The van der Waals surface area contributed by atoms with Gasteiger partial charge in [-0.2, -0.15) is 0 Å². The smallest absolute Gasteiger partial charge is 0.321 e. The number of ether oxygens (including phenoxy) is 1. The average molecular weight is 306 g/mol. The summed E-state index contributed by atoms with van der Waals surface area (Å²) in [5.41, 5.74) is 0.736. The summed E-state index contributed by atoms with van der Waals surface area (Å²) < 4.78 is 5.70. The maximum Gasteiger partial charge on any atom is 0.321 e. The van der Waals surface area contributed by atoms with Crippen molar-refractivity contribution in [1.82, 2.24) is 4.90 Å². The fourth-order valence-corrected chi connectivity index (χ4v) is 2.44. The predicted molar refractivity (Wildman–Crippen MR) is 87.2 cm³/mol. The van der Waals surface area contributed by atoms with Crippen LogP contribution in [0.5, 0.6) is 5.75 Å². The first-order chi connectivity index (χ1) is 10.6. The number of carbonyl (C=O) groups is 1. The number of aliphatic hydroxyl groups is 1. The highest BCUT2D eigenvalue weighted by Gasteiger charge is 2.25. The molecule has 2 N–H and O–H groups in total. The molecule has 5 heteroatoms. The molecule has 0 spiro atoms. The van der Waals surface area contributed by atoms with Gasteiger partial charge in [-0.3, -0.25) is 0 Å². The minimum Gasteiger partial charge on any atom is -0.494 e. The second-order valence-electron chi connectivity index (χ2n) is 6.27. The van der Waals surface area contributed by atoms with Gasteiger partial charge in [0.15, 0.2) is 0 Å². The number of aliphatic hydroxyl groups excluding tert-OH is 1. The number of rotatable bonds is 6. The molecular formula is C17H26N2O3. The first-order valence-electron chi connectivity index (χ1n) is 7.98. The summed E-state index contributed by atoms with van der Waals surface area (Å²) in [5, 5.41) is 12.0. The summed E-state index contributed by atoms with van der Waals surface area (Å²) in [4.78, 5) is 13.9. The van der Waals surface area contributed by atoms with E-state index in [9.17, 15) is 4.79 Å². The summed E-state index contributed by atoms with van der Waals surface area (Å²) >= 11 is 0. The van der Waals surface area contributed by atoms with Crippen molar-refractivity contribution in [3.63, 3.8) is 0 Å². The van der Waals surface area contributed by atoms with Crippen molar-refractivity contribution >= 4 is 11.7 Å². The Bertz CT molecular complexity index is 491. The molecule has 2 rings (SSSR count). The summed E-state index contributed by atoms with van der Waals surface area (Å²) in [7, 11) is 0. The average Bonchev–Trinajstić information content (AvgIpc) is 2.96. The summed E-state index contributed by atoms with van der Waals surface area (Å²) in [6, 6.07) is 7.36. The Balaban J connectivity index is 1.86. The minimum atomic E-state index is -0.115. The van der Waals surface area contributed by atoms with E-state index in [1.807, 2.05) is 24.3 Å². The Labute approximate surface area is 132 Å². The normalized spacial score (nSPS) is 17.8. The molecule has 0 bridgehead atoms. The van der Waals surface area contributed by atoms with Gasteiger partial charge >= 0.3 is 6.03 Å². The highest BCUT2D eigenvalue weighted by molar-refractivity contribution is 5.89. The van der Waals surface area contributed by atoms with Gasteiger partial charge in [-0.05, 0) is 30.9 Å². The number of nitrogens with one attached hydrogen (secondary N) is 1. The zero-order valence-corrected chi connectivity index (χ0v) is 13.4. The molecule has 1 aromatic rings. The number of likely N-dealkylation sites (tertiary alicyclic amines) is 1. The van der Waals surface area contributed by atoms with Gasteiger partial charge < -0.3 is 20.1 Å². The molecule has 1 atom stereocenters. The fraction of sp³-hybridized carbons (Fsp3) is 0.588. The predicted octanol–water partition coefficient (Wildman–Crippen LogP) is 2.96. The van der Waals surface area contributed by atoms with Crippen LogP contribution in [0.2, 0.25) is 0 Å². The van der Waals surface area contributed by atoms with Gasteiger partial charge in [0.05, 0.1) is 6.61 Å². The van der Waals surface area contributed by atoms with E-state index < -0.39 is 0 Å². The van der Waals surface area contributed by atoms with E-state index in [-0.39, 0.29) is 18.6 Å². The van der Waals surface area contributed by atoms with Crippen LogP contribution in [0.15, 0.2) is 24.3 Å². The van der Waals surface area contributed by atoms with Crippen LogP contribution < -0.4 is 10.1 Å². The van der Waals surface area contributed by atoms with E-state index >= 15 is 0 Å². The van der Waals surface area contributed by atoms with Crippen molar-refractivity contribution in [2.75, 3.05) is 31.6 Å². The zero-order chi connectivity index (χ0) is 15.9. The van der Waals surface area contributed by atoms with E-state index in [0.29, 0.717) is 25.6 Å². The molecule has 1 unspecified atom stereocenters. The lowest BCUT2D eigenvalue weighted by Crippen LogP contribution is -2.33. The van der Waals surface area contributed by atoms with Crippen molar-refractivity contribution in [2.45, 2.75) is 26.7 Å². The molecule has 0 saturated carbocycles. The highest BCUT2D eigenvalue weighted by atomic mass is 16.5. The molecular weight excluding hydrogens is 280 g/mol. The van der Waals surface area contributed by atoms with Gasteiger partial charge in [-0.15, -0.1) is 0 Å². The number of nitrogens with zero attached hydrogens (tertiary/aromatic N) is 1. The number of benzene rings is 1. The van der Waals surface area contributed by atoms with Gasteiger partial charge in [-0.1, -0.05) is 19.9 Å². The number of anilines is 1. The van der Waals surface area contributed by atoms with Crippen LogP contribution >= 0.6 is 0 Å². The van der Waals surface area contributed by atoms with Gasteiger partial charge in [0.25, 0.3) is 0 Å². The molecule has 0 aromatic heterocycles. The third-order valence-corrected chi connectivity index (χ3v) is 3.88. The van der Waals surface area contributed by atoms with Gasteiger partial charge in [-0.25, -0.2) is 4.79 Å². The van der Waals surface area contributed by atoms with Crippen molar-refractivity contribution < 1.29 is 14.6 Å². The van der Waals surface area contributed by atoms with E-state index in [1.54, 1.807) is 4.90 Å². The number of urea groups is 1. The number of hydrogen-bond acceptors (Lipinski definition) is 3. The second kappa shape index (κ2) is 8.03. The maximum absolute atomic E-state index is 12.2. The minimum absolute atomic E-state index is 0.115. The van der Waals surface area contributed by atoms with Crippen molar-refractivity contribution in [2.24, 2.45) is 11.8 Å². The molecule has 22 heavy (non-hydrogen) atoms. The molecule has 0 aliphatic carbocycles. The standard InChI is InChI=1S/C17H26N2O3/c1-13(2)7-9-22-16-5-3-4-15(10-16)18-17(21)19-8-6-14(11-19)12-20/h3-5,10,13-14,20H,6-9,11-12H2,1-2H3,(H,18,21). The molecule has 2 amide bonds. The number of carbonyl (C=O) groups excluding carboxylic acids is 1. The quantitative estimate of drug-likeness (QED) is 0.849. The highest BCUT2D eigenvalue weighted by Crippen LogP contribution is 2.20. The van der Waals surface area contributed by atoms with Crippen LogP contribution in [0, 0.1) is 11.8 Å². The molecule has 122 valence electrons. The maximum atomic E-state index is 12.2. The Hall–Kier alpha value is -1.75. The van der Waals surface area contributed by atoms with Crippen LogP contribution in [-0.2, 0) is 0 Å². The largest absolute Gasteiger partial charge is 0.494 e. The lowest BCUT2D eigenvalue weighted by Gasteiger charge is -2.17. The van der Waals surface area contributed by atoms with E-state index in [0.717, 1.165) is 24.3 Å². The fourth-order valence-electron chi connectivity index (χ4n) is 2.44. The van der Waals surface area contributed by atoms with Gasteiger partial charge in [0, 0.05) is 37.4 Å². The molecule has 1 aliphatic rings. The zero-order valence-electron chi connectivity index (χ0n) is 13.4. The van der Waals surface area contributed by atoms with Crippen LogP contribution in [0.3, 0.4) is 0 Å². The molecule has 1 saturated heterocycles.